The zero-order valence-corrected chi connectivity index (χ0v) is 11.6. The van der Waals surface area contributed by atoms with Crippen molar-refractivity contribution in [2.75, 3.05) is 12.8 Å². The molecule has 20 heavy (non-hydrogen) atoms. The van der Waals surface area contributed by atoms with Crippen molar-refractivity contribution < 1.29 is 4.74 Å². The van der Waals surface area contributed by atoms with E-state index in [-0.39, 0.29) is 0 Å². The summed E-state index contributed by atoms with van der Waals surface area (Å²) >= 11 is 0. The predicted octanol–water partition coefficient (Wildman–Crippen LogP) is 4.39. The molecule has 0 aliphatic carbocycles. The molecule has 102 valence electrons. The summed E-state index contributed by atoms with van der Waals surface area (Å²) in [7, 11) is 1.68. The summed E-state index contributed by atoms with van der Waals surface area (Å²) in [5, 5.41) is 0. The molecule has 0 radical (unpaired) electrons. The standard InChI is InChI=1S/C18H19NO/c1-20-17-12-7-9-15(14-17)8-3-2-4-10-16-11-5-6-13-18(16)19/h3-14H,2,19H2,1H3/b8-3+,10-4-. The number of nitrogens with two attached hydrogens (primary N) is 1. The number of nitrogen functional groups attached to an aromatic ring is 1. The first kappa shape index (κ1) is 13.9. The number of allylic oxidation sites excluding steroid dienone is 2. The van der Waals surface area contributed by atoms with Crippen molar-refractivity contribution in [1.82, 2.24) is 0 Å². The molecule has 2 heteroatoms. The second-order valence-corrected chi connectivity index (χ2v) is 4.45. The van der Waals surface area contributed by atoms with E-state index in [9.17, 15) is 0 Å². The van der Waals surface area contributed by atoms with Crippen LogP contribution in [0.25, 0.3) is 12.2 Å². The summed E-state index contributed by atoms with van der Waals surface area (Å²) in [4.78, 5) is 0. The van der Waals surface area contributed by atoms with Gasteiger partial charge in [0.2, 0.25) is 0 Å². The number of benzene rings is 2. The van der Waals surface area contributed by atoms with Crippen LogP contribution in [0, 0.1) is 0 Å². The first-order chi connectivity index (χ1) is 9.79. The number of para-hydroxylation sites is 1. The molecule has 0 bridgehead atoms. The molecule has 2 nitrogen and oxygen atoms in total. The highest BCUT2D eigenvalue weighted by Gasteiger charge is 1.91. The Balaban J connectivity index is 1.92. The summed E-state index contributed by atoms with van der Waals surface area (Å²) in [5.41, 5.74) is 8.87. The van der Waals surface area contributed by atoms with E-state index < -0.39 is 0 Å². The van der Waals surface area contributed by atoms with Gasteiger partial charge in [-0.1, -0.05) is 54.6 Å². The summed E-state index contributed by atoms with van der Waals surface area (Å²) < 4.78 is 5.19. The van der Waals surface area contributed by atoms with Crippen LogP contribution in [0.4, 0.5) is 5.69 Å². The molecule has 0 unspecified atom stereocenters. The van der Waals surface area contributed by atoms with E-state index in [1.54, 1.807) is 7.11 Å². The second kappa shape index (κ2) is 7.19. The molecule has 0 aliphatic rings. The second-order valence-electron chi connectivity index (χ2n) is 4.45. The molecule has 0 saturated heterocycles. The number of rotatable bonds is 5. The van der Waals surface area contributed by atoms with Gasteiger partial charge in [0.15, 0.2) is 0 Å². The lowest BCUT2D eigenvalue weighted by Crippen LogP contribution is -1.86. The number of anilines is 1. The fraction of sp³-hybridized carbons (Fsp3) is 0.111. The predicted molar refractivity (Wildman–Crippen MR) is 86.5 cm³/mol. The van der Waals surface area contributed by atoms with Crippen LogP contribution in [-0.4, -0.2) is 7.11 Å². The first-order valence-electron chi connectivity index (χ1n) is 6.61. The number of ether oxygens (including phenoxy) is 1. The van der Waals surface area contributed by atoms with E-state index in [0.29, 0.717) is 0 Å². The van der Waals surface area contributed by atoms with Crippen LogP contribution >= 0.6 is 0 Å². The van der Waals surface area contributed by atoms with Crippen LogP contribution < -0.4 is 10.5 Å². The van der Waals surface area contributed by atoms with Crippen molar-refractivity contribution in [3.05, 3.63) is 71.8 Å². The van der Waals surface area contributed by atoms with Gasteiger partial charge in [-0.3, -0.25) is 0 Å². The smallest absolute Gasteiger partial charge is 0.119 e. The van der Waals surface area contributed by atoms with Crippen molar-refractivity contribution in [2.24, 2.45) is 0 Å². The van der Waals surface area contributed by atoms with E-state index in [4.69, 9.17) is 10.5 Å². The summed E-state index contributed by atoms with van der Waals surface area (Å²) in [6.45, 7) is 0. The van der Waals surface area contributed by atoms with Gasteiger partial charge in [-0.15, -0.1) is 0 Å². The van der Waals surface area contributed by atoms with Gasteiger partial charge in [-0.2, -0.15) is 0 Å². The summed E-state index contributed by atoms with van der Waals surface area (Å²) in [6.07, 6.45) is 9.21. The van der Waals surface area contributed by atoms with Crippen molar-refractivity contribution in [3.8, 4) is 5.75 Å². The Morgan fingerprint density at radius 2 is 1.80 bits per heavy atom. The van der Waals surface area contributed by atoms with Crippen LogP contribution in [0.2, 0.25) is 0 Å². The molecule has 0 amide bonds. The maximum Gasteiger partial charge on any atom is 0.119 e. The molecule has 0 aromatic heterocycles. The summed E-state index contributed by atoms with van der Waals surface area (Å²) in [6, 6.07) is 15.8. The van der Waals surface area contributed by atoms with Gasteiger partial charge in [0.25, 0.3) is 0 Å². The maximum atomic E-state index is 5.88. The minimum Gasteiger partial charge on any atom is -0.497 e. The Bertz CT molecular complexity index is 614. The number of hydrogen-bond donors (Lipinski definition) is 1. The third kappa shape index (κ3) is 4.02. The lowest BCUT2D eigenvalue weighted by atomic mass is 10.1. The van der Waals surface area contributed by atoms with E-state index in [1.807, 2.05) is 48.5 Å². The molecule has 0 spiro atoms. The van der Waals surface area contributed by atoms with E-state index in [2.05, 4.69) is 24.3 Å². The Hall–Kier alpha value is -2.48. The van der Waals surface area contributed by atoms with Crippen LogP contribution in [0.1, 0.15) is 17.5 Å². The molecule has 0 atom stereocenters. The largest absolute Gasteiger partial charge is 0.497 e. The Labute approximate surface area is 120 Å². The molecule has 2 rings (SSSR count). The highest BCUT2D eigenvalue weighted by atomic mass is 16.5. The van der Waals surface area contributed by atoms with Gasteiger partial charge in [-0.05, 0) is 35.7 Å². The van der Waals surface area contributed by atoms with Crippen LogP contribution in [0.5, 0.6) is 5.75 Å². The number of methoxy groups -OCH3 is 1. The molecule has 2 N–H and O–H groups in total. The normalized spacial score (nSPS) is 11.2. The fourth-order valence-electron chi connectivity index (χ4n) is 1.89. The van der Waals surface area contributed by atoms with Gasteiger partial charge in [0, 0.05) is 5.69 Å². The van der Waals surface area contributed by atoms with Crippen LogP contribution in [-0.2, 0) is 0 Å². The summed E-state index contributed by atoms with van der Waals surface area (Å²) in [5.74, 6) is 0.875. The highest BCUT2D eigenvalue weighted by molar-refractivity contribution is 5.64. The van der Waals surface area contributed by atoms with Crippen molar-refractivity contribution >= 4 is 17.8 Å². The lowest BCUT2D eigenvalue weighted by Gasteiger charge is -1.99. The average Bonchev–Trinajstić information content (AvgIpc) is 2.49. The monoisotopic (exact) mass is 265 g/mol. The van der Waals surface area contributed by atoms with Gasteiger partial charge in [0.1, 0.15) is 5.75 Å². The van der Waals surface area contributed by atoms with Crippen molar-refractivity contribution in [1.29, 1.82) is 0 Å². The highest BCUT2D eigenvalue weighted by Crippen LogP contribution is 2.15. The SMILES string of the molecule is COc1cccc(/C=C/C/C=C\c2ccccc2N)c1. The van der Waals surface area contributed by atoms with Crippen LogP contribution in [0.3, 0.4) is 0 Å². The van der Waals surface area contributed by atoms with Gasteiger partial charge < -0.3 is 10.5 Å². The molecule has 0 aliphatic heterocycles. The average molecular weight is 265 g/mol. The van der Waals surface area contributed by atoms with Crippen LogP contribution in [0.15, 0.2) is 60.7 Å². The molecule has 2 aromatic rings. The molecule has 0 saturated carbocycles. The molecular weight excluding hydrogens is 246 g/mol. The van der Waals surface area contributed by atoms with Gasteiger partial charge in [0.05, 0.1) is 7.11 Å². The Kier molecular flexibility index (Phi) is 5.01. The van der Waals surface area contributed by atoms with Gasteiger partial charge in [-0.25, -0.2) is 0 Å². The Morgan fingerprint density at radius 1 is 1.00 bits per heavy atom. The van der Waals surface area contributed by atoms with Gasteiger partial charge >= 0.3 is 0 Å². The minimum absolute atomic E-state index is 0.806. The minimum atomic E-state index is 0.806. The maximum absolute atomic E-state index is 5.88. The quantitative estimate of drug-likeness (QED) is 0.813. The molecule has 0 fully saturated rings. The Morgan fingerprint density at radius 3 is 2.60 bits per heavy atom. The first-order valence-corrected chi connectivity index (χ1v) is 6.61. The number of hydrogen-bond acceptors (Lipinski definition) is 2. The molecule has 0 heterocycles. The van der Waals surface area contributed by atoms with E-state index >= 15 is 0 Å². The van der Waals surface area contributed by atoms with E-state index in [0.717, 1.165) is 29.0 Å². The van der Waals surface area contributed by atoms with Crippen molar-refractivity contribution in [2.45, 2.75) is 6.42 Å². The van der Waals surface area contributed by atoms with E-state index in [1.165, 1.54) is 0 Å². The van der Waals surface area contributed by atoms with Crippen molar-refractivity contribution in [3.63, 3.8) is 0 Å². The zero-order valence-electron chi connectivity index (χ0n) is 11.6. The fourth-order valence-corrected chi connectivity index (χ4v) is 1.89. The topological polar surface area (TPSA) is 35.2 Å². The molecular formula is C18H19NO. The zero-order chi connectivity index (χ0) is 14.2. The molecule has 2 aromatic carbocycles. The third-order valence-electron chi connectivity index (χ3n) is 2.97. The third-order valence-corrected chi connectivity index (χ3v) is 2.97. The lowest BCUT2D eigenvalue weighted by molar-refractivity contribution is 0.414.